The van der Waals surface area contributed by atoms with E-state index in [0.29, 0.717) is 23.9 Å². The van der Waals surface area contributed by atoms with Gasteiger partial charge in [-0.15, -0.1) is 0 Å². The lowest BCUT2D eigenvalue weighted by molar-refractivity contribution is 0.154. The fourth-order valence-corrected chi connectivity index (χ4v) is 2.97. The molecule has 3 atom stereocenters. The van der Waals surface area contributed by atoms with Crippen molar-refractivity contribution in [1.82, 2.24) is 0 Å². The fourth-order valence-electron chi connectivity index (χ4n) is 2.97. The van der Waals surface area contributed by atoms with Gasteiger partial charge >= 0.3 is 0 Å². The summed E-state index contributed by atoms with van der Waals surface area (Å²) in [6.45, 7) is 11.8. The minimum Gasteiger partial charge on any atom is -0.396 e. The van der Waals surface area contributed by atoms with Gasteiger partial charge in [0, 0.05) is 6.61 Å². The van der Waals surface area contributed by atoms with E-state index in [0.717, 1.165) is 12.3 Å². The first kappa shape index (κ1) is 12.8. The van der Waals surface area contributed by atoms with Crippen LogP contribution in [0.4, 0.5) is 0 Å². The van der Waals surface area contributed by atoms with E-state index in [1.54, 1.807) is 0 Å². The minimum absolute atomic E-state index is 0.323. The van der Waals surface area contributed by atoms with Gasteiger partial charge in [0.05, 0.1) is 0 Å². The van der Waals surface area contributed by atoms with Crippen molar-refractivity contribution in [2.45, 2.75) is 47.5 Å². The molecule has 0 amide bonds. The van der Waals surface area contributed by atoms with Gasteiger partial charge in [-0.1, -0.05) is 39.3 Å². The van der Waals surface area contributed by atoms with Crippen LogP contribution >= 0.6 is 0 Å². The SMILES string of the molecule is CC1=CCC(C(C)CC(C)CO)C1(C)C. The van der Waals surface area contributed by atoms with Crippen LogP contribution in [0.3, 0.4) is 0 Å². The van der Waals surface area contributed by atoms with E-state index in [2.05, 4.69) is 40.7 Å². The lowest BCUT2D eigenvalue weighted by atomic mass is 9.70. The zero-order valence-corrected chi connectivity index (χ0v) is 10.9. The first-order chi connectivity index (χ1) is 6.89. The molecule has 0 spiro atoms. The Morgan fingerprint density at radius 1 is 1.47 bits per heavy atom. The predicted molar refractivity (Wildman–Crippen MR) is 65.7 cm³/mol. The van der Waals surface area contributed by atoms with Gasteiger partial charge in [-0.2, -0.15) is 0 Å². The van der Waals surface area contributed by atoms with Crippen LogP contribution < -0.4 is 0 Å². The molecule has 1 nitrogen and oxygen atoms in total. The van der Waals surface area contributed by atoms with E-state index < -0.39 is 0 Å². The molecule has 0 bridgehead atoms. The maximum atomic E-state index is 9.10. The Bertz CT molecular complexity index is 240. The summed E-state index contributed by atoms with van der Waals surface area (Å²) >= 11 is 0. The molecule has 88 valence electrons. The lowest BCUT2D eigenvalue weighted by Gasteiger charge is -2.35. The normalized spacial score (nSPS) is 28.7. The molecule has 0 radical (unpaired) electrons. The van der Waals surface area contributed by atoms with Crippen molar-refractivity contribution in [2.24, 2.45) is 23.2 Å². The zero-order valence-electron chi connectivity index (χ0n) is 10.9. The summed E-state index contributed by atoms with van der Waals surface area (Å²) in [7, 11) is 0. The Morgan fingerprint density at radius 2 is 2.07 bits per heavy atom. The van der Waals surface area contributed by atoms with Crippen molar-refractivity contribution in [2.75, 3.05) is 6.61 Å². The molecule has 0 saturated heterocycles. The average molecular weight is 210 g/mol. The highest BCUT2D eigenvalue weighted by atomic mass is 16.3. The van der Waals surface area contributed by atoms with Crippen molar-refractivity contribution in [3.63, 3.8) is 0 Å². The highest BCUT2D eigenvalue weighted by molar-refractivity contribution is 5.18. The van der Waals surface area contributed by atoms with Crippen molar-refractivity contribution in [3.8, 4) is 0 Å². The summed E-state index contributed by atoms with van der Waals surface area (Å²) in [6, 6.07) is 0. The van der Waals surface area contributed by atoms with Crippen LogP contribution in [-0.4, -0.2) is 11.7 Å². The van der Waals surface area contributed by atoms with Crippen molar-refractivity contribution in [1.29, 1.82) is 0 Å². The molecule has 1 heteroatoms. The standard InChI is InChI=1S/C14H26O/c1-10(9-15)8-11(2)13-7-6-12(3)14(13,4)5/h6,10-11,13,15H,7-9H2,1-5H3. The molecule has 0 aromatic rings. The number of aliphatic hydroxyl groups is 1. The second kappa shape index (κ2) is 4.69. The summed E-state index contributed by atoms with van der Waals surface area (Å²) in [5, 5.41) is 9.10. The van der Waals surface area contributed by atoms with Crippen LogP contribution in [-0.2, 0) is 0 Å². The van der Waals surface area contributed by atoms with E-state index in [4.69, 9.17) is 5.11 Å². The zero-order chi connectivity index (χ0) is 11.6. The third-order valence-corrected chi connectivity index (χ3v) is 4.39. The van der Waals surface area contributed by atoms with Gasteiger partial charge in [0.1, 0.15) is 0 Å². The molecular weight excluding hydrogens is 184 g/mol. The third kappa shape index (κ3) is 2.63. The minimum atomic E-state index is 0.323. The number of hydrogen-bond acceptors (Lipinski definition) is 1. The average Bonchev–Trinajstić information content (AvgIpc) is 2.41. The van der Waals surface area contributed by atoms with Gasteiger partial charge in [0.2, 0.25) is 0 Å². The van der Waals surface area contributed by atoms with E-state index in [1.165, 1.54) is 12.0 Å². The molecule has 1 aliphatic rings. The quantitative estimate of drug-likeness (QED) is 0.702. The molecule has 15 heavy (non-hydrogen) atoms. The third-order valence-electron chi connectivity index (χ3n) is 4.39. The Kier molecular flexibility index (Phi) is 3.99. The van der Waals surface area contributed by atoms with Crippen LogP contribution in [0.1, 0.15) is 47.5 Å². The number of rotatable bonds is 4. The van der Waals surface area contributed by atoms with E-state index in [9.17, 15) is 0 Å². The predicted octanol–water partition coefficient (Wildman–Crippen LogP) is 3.63. The second-order valence-corrected chi connectivity index (χ2v) is 5.95. The van der Waals surface area contributed by atoms with E-state index in [-0.39, 0.29) is 0 Å². The Morgan fingerprint density at radius 3 is 2.47 bits per heavy atom. The Balaban J connectivity index is 2.59. The van der Waals surface area contributed by atoms with Gasteiger partial charge in [0.25, 0.3) is 0 Å². The molecule has 1 rings (SSSR count). The lowest BCUT2D eigenvalue weighted by Crippen LogP contribution is -2.27. The maximum absolute atomic E-state index is 9.10. The van der Waals surface area contributed by atoms with E-state index in [1.807, 2.05) is 0 Å². The second-order valence-electron chi connectivity index (χ2n) is 5.95. The Hall–Kier alpha value is -0.300. The summed E-state index contributed by atoms with van der Waals surface area (Å²) in [6.07, 6.45) is 4.76. The van der Waals surface area contributed by atoms with Gasteiger partial charge in [0.15, 0.2) is 0 Å². The number of aliphatic hydroxyl groups excluding tert-OH is 1. The number of allylic oxidation sites excluding steroid dienone is 2. The van der Waals surface area contributed by atoms with Crippen LogP contribution in [0, 0.1) is 23.2 Å². The maximum Gasteiger partial charge on any atom is 0.0456 e. The van der Waals surface area contributed by atoms with Crippen LogP contribution in [0.2, 0.25) is 0 Å². The van der Waals surface area contributed by atoms with Crippen LogP contribution in [0.5, 0.6) is 0 Å². The van der Waals surface area contributed by atoms with Gasteiger partial charge in [-0.3, -0.25) is 0 Å². The molecule has 3 unspecified atom stereocenters. The molecule has 0 saturated carbocycles. The van der Waals surface area contributed by atoms with Gasteiger partial charge < -0.3 is 5.11 Å². The van der Waals surface area contributed by atoms with Crippen molar-refractivity contribution >= 4 is 0 Å². The molecule has 0 heterocycles. The van der Waals surface area contributed by atoms with Gasteiger partial charge in [-0.25, -0.2) is 0 Å². The first-order valence-corrected chi connectivity index (χ1v) is 6.17. The molecule has 1 aliphatic carbocycles. The van der Waals surface area contributed by atoms with Crippen molar-refractivity contribution in [3.05, 3.63) is 11.6 Å². The monoisotopic (exact) mass is 210 g/mol. The van der Waals surface area contributed by atoms with Crippen LogP contribution in [0.25, 0.3) is 0 Å². The molecule has 0 aliphatic heterocycles. The van der Waals surface area contributed by atoms with E-state index >= 15 is 0 Å². The Labute approximate surface area is 94.6 Å². The van der Waals surface area contributed by atoms with Crippen molar-refractivity contribution < 1.29 is 5.11 Å². The first-order valence-electron chi connectivity index (χ1n) is 6.17. The molecule has 0 aromatic heterocycles. The highest BCUT2D eigenvalue weighted by Gasteiger charge is 2.38. The molecular formula is C14H26O. The topological polar surface area (TPSA) is 20.2 Å². The van der Waals surface area contributed by atoms with Crippen LogP contribution in [0.15, 0.2) is 11.6 Å². The summed E-state index contributed by atoms with van der Waals surface area (Å²) in [5.74, 6) is 1.90. The fraction of sp³-hybridized carbons (Fsp3) is 0.857. The summed E-state index contributed by atoms with van der Waals surface area (Å²) < 4.78 is 0. The van der Waals surface area contributed by atoms with Gasteiger partial charge in [-0.05, 0) is 42.9 Å². The number of hydrogen-bond donors (Lipinski definition) is 1. The molecule has 1 N–H and O–H groups in total. The summed E-state index contributed by atoms with van der Waals surface area (Å²) in [4.78, 5) is 0. The summed E-state index contributed by atoms with van der Waals surface area (Å²) in [5.41, 5.74) is 1.89. The smallest absolute Gasteiger partial charge is 0.0456 e. The largest absolute Gasteiger partial charge is 0.396 e. The molecule has 0 aromatic carbocycles. The highest BCUT2D eigenvalue weighted by Crippen LogP contribution is 2.47. The molecule has 0 fully saturated rings.